The van der Waals surface area contributed by atoms with Gasteiger partial charge < -0.3 is 20.6 Å². The summed E-state index contributed by atoms with van der Waals surface area (Å²) in [6.07, 6.45) is 0.379. The van der Waals surface area contributed by atoms with Gasteiger partial charge in [-0.25, -0.2) is 0 Å². The number of rotatable bonds is 5. The third-order valence-electron chi connectivity index (χ3n) is 3.97. The number of hydrogen-bond donors (Lipinski definition) is 4. The van der Waals surface area contributed by atoms with Crippen molar-refractivity contribution in [1.82, 2.24) is 5.32 Å². The van der Waals surface area contributed by atoms with Crippen LogP contribution in [0.2, 0.25) is 0 Å². The first-order chi connectivity index (χ1) is 10.1. The lowest BCUT2D eigenvalue weighted by atomic mass is 9.84. The van der Waals surface area contributed by atoms with Gasteiger partial charge in [0.1, 0.15) is 5.75 Å². The van der Waals surface area contributed by atoms with E-state index in [1.165, 1.54) is 0 Å². The molecule has 22 heavy (non-hydrogen) atoms. The lowest BCUT2D eigenvalue weighted by Gasteiger charge is -2.30. The predicted octanol–water partition coefficient (Wildman–Crippen LogP) is 1.86. The van der Waals surface area contributed by atoms with Gasteiger partial charge in [-0.3, -0.25) is 4.79 Å². The standard InChI is InChI=1S/C17H27NO4/c1-6-17(9-19,10-20)18-15(22)12-7-11(2)8-13(14(12)21)16(3,4)5/h7-8,19-21H,6,9-10H2,1-5H3,(H,18,22). The molecular weight excluding hydrogens is 282 g/mol. The number of aliphatic hydroxyl groups excluding tert-OH is 2. The van der Waals surface area contributed by atoms with Gasteiger partial charge in [-0.1, -0.05) is 33.8 Å². The molecule has 1 amide bonds. The average molecular weight is 309 g/mol. The number of aryl methyl sites for hydroxylation is 1. The van der Waals surface area contributed by atoms with Crippen molar-refractivity contribution in [1.29, 1.82) is 0 Å². The molecule has 0 saturated heterocycles. The highest BCUT2D eigenvalue weighted by molar-refractivity contribution is 5.98. The van der Waals surface area contributed by atoms with E-state index in [0.717, 1.165) is 5.56 Å². The number of phenols is 1. The number of carbonyl (C=O) groups is 1. The molecule has 0 aliphatic rings. The second-order valence-corrected chi connectivity index (χ2v) is 6.86. The fourth-order valence-electron chi connectivity index (χ4n) is 2.27. The second kappa shape index (κ2) is 6.67. The summed E-state index contributed by atoms with van der Waals surface area (Å²) < 4.78 is 0. The van der Waals surface area contributed by atoms with E-state index in [0.29, 0.717) is 12.0 Å². The minimum absolute atomic E-state index is 0.0588. The summed E-state index contributed by atoms with van der Waals surface area (Å²) in [6.45, 7) is 8.76. The van der Waals surface area contributed by atoms with Crippen molar-refractivity contribution >= 4 is 5.91 Å². The van der Waals surface area contributed by atoms with Crippen LogP contribution in [0.15, 0.2) is 12.1 Å². The second-order valence-electron chi connectivity index (χ2n) is 6.86. The van der Waals surface area contributed by atoms with Crippen LogP contribution in [0.25, 0.3) is 0 Å². The highest BCUT2D eigenvalue weighted by atomic mass is 16.3. The van der Waals surface area contributed by atoms with Crippen LogP contribution >= 0.6 is 0 Å². The van der Waals surface area contributed by atoms with Gasteiger partial charge in [-0.15, -0.1) is 0 Å². The van der Waals surface area contributed by atoms with E-state index in [2.05, 4.69) is 5.32 Å². The first kappa shape index (κ1) is 18.5. The zero-order valence-electron chi connectivity index (χ0n) is 14.0. The largest absolute Gasteiger partial charge is 0.507 e. The Balaban J connectivity index is 3.27. The number of aromatic hydroxyl groups is 1. The molecule has 0 spiro atoms. The van der Waals surface area contributed by atoms with Crippen molar-refractivity contribution < 1.29 is 20.1 Å². The smallest absolute Gasteiger partial charge is 0.255 e. The molecule has 0 aliphatic carbocycles. The fraction of sp³-hybridized carbons (Fsp3) is 0.588. The Morgan fingerprint density at radius 3 is 2.14 bits per heavy atom. The number of benzene rings is 1. The Kier molecular flexibility index (Phi) is 5.59. The number of phenolic OH excluding ortho intramolecular Hbond substituents is 1. The zero-order valence-corrected chi connectivity index (χ0v) is 14.0. The van der Waals surface area contributed by atoms with Crippen LogP contribution in [0.1, 0.15) is 55.6 Å². The molecule has 0 saturated carbocycles. The Bertz CT molecular complexity index is 534. The van der Waals surface area contributed by atoms with E-state index in [4.69, 9.17) is 0 Å². The lowest BCUT2D eigenvalue weighted by molar-refractivity contribution is 0.0650. The van der Waals surface area contributed by atoms with Gasteiger partial charge in [0.15, 0.2) is 0 Å². The molecule has 0 heterocycles. The monoisotopic (exact) mass is 309 g/mol. The van der Waals surface area contributed by atoms with Gasteiger partial charge in [0.05, 0.1) is 24.3 Å². The van der Waals surface area contributed by atoms with Crippen LogP contribution in [0, 0.1) is 6.92 Å². The molecule has 5 nitrogen and oxygen atoms in total. The van der Waals surface area contributed by atoms with Crippen molar-refractivity contribution in [3.05, 3.63) is 28.8 Å². The quantitative estimate of drug-likeness (QED) is 0.668. The molecular formula is C17H27NO4. The van der Waals surface area contributed by atoms with Gasteiger partial charge in [-0.2, -0.15) is 0 Å². The molecule has 0 aliphatic heterocycles. The van der Waals surface area contributed by atoms with Crippen LogP contribution in [-0.4, -0.2) is 40.0 Å². The van der Waals surface area contributed by atoms with Crippen LogP contribution in [0.5, 0.6) is 5.75 Å². The molecule has 0 unspecified atom stereocenters. The minimum atomic E-state index is -1.09. The molecule has 4 N–H and O–H groups in total. The molecule has 124 valence electrons. The summed E-state index contributed by atoms with van der Waals surface area (Å²) in [5.41, 5.74) is 0.316. The first-order valence-corrected chi connectivity index (χ1v) is 7.48. The molecule has 1 rings (SSSR count). The summed E-state index contributed by atoms with van der Waals surface area (Å²) in [4.78, 5) is 12.5. The Labute approximate surface area is 132 Å². The SMILES string of the molecule is CCC(CO)(CO)NC(=O)c1cc(C)cc(C(C)(C)C)c1O. The third-order valence-corrected chi connectivity index (χ3v) is 3.97. The van der Waals surface area contributed by atoms with E-state index in [1.54, 1.807) is 13.0 Å². The van der Waals surface area contributed by atoms with Crippen LogP contribution in [0.4, 0.5) is 0 Å². The molecule has 0 aromatic heterocycles. The number of hydrogen-bond acceptors (Lipinski definition) is 4. The van der Waals surface area contributed by atoms with Crippen LogP contribution in [0.3, 0.4) is 0 Å². The van der Waals surface area contributed by atoms with Crippen molar-refractivity contribution in [2.24, 2.45) is 0 Å². The maximum atomic E-state index is 12.5. The molecule has 0 bridgehead atoms. The van der Waals surface area contributed by atoms with Gasteiger partial charge in [0.25, 0.3) is 5.91 Å². The number of amides is 1. The molecule has 0 fully saturated rings. The van der Waals surface area contributed by atoms with Crippen molar-refractivity contribution in [2.45, 2.75) is 52.0 Å². The molecule has 5 heteroatoms. The van der Waals surface area contributed by atoms with Gasteiger partial charge in [-0.05, 0) is 30.4 Å². The normalized spacial score (nSPS) is 12.3. The van der Waals surface area contributed by atoms with E-state index >= 15 is 0 Å². The third kappa shape index (κ3) is 3.78. The summed E-state index contributed by atoms with van der Waals surface area (Å²) in [6, 6.07) is 3.46. The highest BCUT2D eigenvalue weighted by Gasteiger charge is 2.31. The highest BCUT2D eigenvalue weighted by Crippen LogP contribution is 2.34. The van der Waals surface area contributed by atoms with Gasteiger partial charge in [0.2, 0.25) is 0 Å². The van der Waals surface area contributed by atoms with Crippen molar-refractivity contribution in [3.63, 3.8) is 0 Å². The summed E-state index contributed by atoms with van der Waals surface area (Å²) in [5.74, 6) is -0.562. The fourth-order valence-corrected chi connectivity index (χ4v) is 2.27. The molecule has 1 aromatic rings. The van der Waals surface area contributed by atoms with Gasteiger partial charge >= 0.3 is 0 Å². The van der Waals surface area contributed by atoms with Crippen LogP contribution < -0.4 is 5.32 Å². The Hall–Kier alpha value is -1.59. The average Bonchev–Trinajstić information content (AvgIpc) is 2.45. The van der Waals surface area contributed by atoms with E-state index in [9.17, 15) is 20.1 Å². The number of aliphatic hydroxyl groups is 2. The number of carbonyl (C=O) groups excluding carboxylic acids is 1. The maximum Gasteiger partial charge on any atom is 0.255 e. The van der Waals surface area contributed by atoms with E-state index in [1.807, 2.05) is 33.8 Å². The Morgan fingerprint density at radius 1 is 1.18 bits per heavy atom. The summed E-state index contributed by atoms with van der Waals surface area (Å²) >= 11 is 0. The molecule has 0 radical (unpaired) electrons. The summed E-state index contributed by atoms with van der Waals surface area (Å²) in [5, 5.41) is 32.0. The van der Waals surface area contributed by atoms with Crippen LogP contribution in [-0.2, 0) is 5.41 Å². The van der Waals surface area contributed by atoms with Crippen molar-refractivity contribution in [3.8, 4) is 5.75 Å². The molecule has 1 aromatic carbocycles. The van der Waals surface area contributed by atoms with Crippen molar-refractivity contribution in [2.75, 3.05) is 13.2 Å². The lowest BCUT2D eigenvalue weighted by Crippen LogP contribution is -2.53. The first-order valence-electron chi connectivity index (χ1n) is 7.48. The van der Waals surface area contributed by atoms with E-state index in [-0.39, 0.29) is 29.9 Å². The predicted molar refractivity (Wildman–Crippen MR) is 86.2 cm³/mol. The molecule has 0 atom stereocenters. The maximum absolute atomic E-state index is 12.5. The Morgan fingerprint density at radius 2 is 1.73 bits per heavy atom. The van der Waals surface area contributed by atoms with E-state index < -0.39 is 11.4 Å². The topological polar surface area (TPSA) is 89.8 Å². The minimum Gasteiger partial charge on any atom is -0.507 e. The summed E-state index contributed by atoms with van der Waals surface area (Å²) in [7, 11) is 0. The number of nitrogens with one attached hydrogen (secondary N) is 1. The zero-order chi connectivity index (χ0) is 17.1. The van der Waals surface area contributed by atoms with Gasteiger partial charge in [0, 0.05) is 5.56 Å².